The third kappa shape index (κ3) is 5.10. The van der Waals surface area contributed by atoms with Crippen LogP contribution in [0.25, 0.3) is 10.6 Å². The number of nitrogens with zero attached hydrogens (tertiary/aromatic N) is 1. The quantitative estimate of drug-likeness (QED) is 0.518. The average molecular weight is 485 g/mol. The average Bonchev–Trinajstić information content (AvgIpc) is 3.21. The van der Waals surface area contributed by atoms with Crippen molar-refractivity contribution in [2.75, 3.05) is 12.4 Å². The summed E-state index contributed by atoms with van der Waals surface area (Å²) in [5, 5.41) is 4.85. The van der Waals surface area contributed by atoms with E-state index >= 15 is 0 Å². The van der Waals surface area contributed by atoms with E-state index in [9.17, 15) is 26.4 Å². The van der Waals surface area contributed by atoms with Gasteiger partial charge >= 0.3 is 5.51 Å². The molecule has 1 heterocycles. The monoisotopic (exact) mass is 484 g/mol. The number of hydrogen-bond acceptors (Lipinski definition) is 6. The zero-order valence-electron chi connectivity index (χ0n) is 17.1. The Balaban J connectivity index is 1.77. The molecule has 0 fully saturated rings. The minimum Gasteiger partial charge on any atom is -0.495 e. The van der Waals surface area contributed by atoms with E-state index in [1.54, 1.807) is 5.38 Å². The van der Waals surface area contributed by atoms with Crippen LogP contribution in [0.5, 0.6) is 5.75 Å². The largest absolute Gasteiger partial charge is 0.501 e. The number of hydrogen-bond donors (Lipinski definition) is 1. The van der Waals surface area contributed by atoms with Gasteiger partial charge in [0.2, 0.25) is 5.91 Å². The van der Waals surface area contributed by atoms with E-state index in [1.165, 1.54) is 24.0 Å². The summed E-state index contributed by atoms with van der Waals surface area (Å²) in [5.74, 6) is -0.558. The van der Waals surface area contributed by atoms with Gasteiger partial charge in [-0.25, -0.2) is 13.4 Å². The highest BCUT2D eigenvalue weighted by atomic mass is 32.2. The van der Waals surface area contributed by atoms with Crippen LogP contribution < -0.4 is 10.1 Å². The van der Waals surface area contributed by atoms with Crippen LogP contribution in [0.3, 0.4) is 0 Å². The van der Waals surface area contributed by atoms with E-state index in [2.05, 4.69) is 17.2 Å². The van der Waals surface area contributed by atoms with Crippen LogP contribution in [0.4, 0.5) is 18.9 Å². The smallest absolute Gasteiger partial charge is 0.495 e. The summed E-state index contributed by atoms with van der Waals surface area (Å²) >= 11 is 1.36. The first-order valence-corrected chi connectivity index (χ1v) is 11.7. The topological polar surface area (TPSA) is 85.4 Å². The Hall–Kier alpha value is -2.92. The second kappa shape index (κ2) is 9.29. The lowest BCUT2D eigenvalue weighted by molar-refractivity contribution is -0.115. The van der Waals surface area contributed by atoms with Crippen molar-refractivity contribution in [2.24, 2.45) is 0 Å². The van der Waals surface area contributed by atoms with Crippen molar-refractivity contribution >= 4 is 32.8 Å². The minimum atomic E-state index is -5.57. The highest BCUT2D eigenvalue weighted by Crippen LogP contribution is 2.34. The first-order chi connectivity index (χ1) is 15.0. The molecule has 3 aromatic rings. The summed E-state index contributed by atoms with van der Waals surface area (Å²) in [6, 6.07) is 10.4. The number of halogens is 3. The molecule has 32 heavy (non-hydrogen) atoms. The molecule has 3 rings (SSSR count). The van der Waals surface area contributed by atoms with E-state index in [1.807, 2.05) is 24.3 Å². The van der Waals surface area contributed by atoms with Gasteiger partial charge in [-0.05, 0) is 30.2 Å². The number of anilines is 1. The minimum absolute atomic E-state index is 0.0226. The normalized spacial score (nSPS) is 11.9. The molecule has 0 spiro atoms. The Bertz CT molecular complexity index is 1220. The van der Waals surface area contributed by atoms with Gasteiger partial charge in [0.25, 0.3) is 9.84 Å². The lowest BCUT2D eigenvalue weighted by Gasteiger charge is -2.13. The second-order valence-electron chi connectivity index (χ2n) is 6.73. The molecule has 6 nitrogen and oxygen atoms in total. The maximum absolute atomic E-state index is 12.9. The maximum atomic E-state index is 12.9. The number of rotatable bonds is 7. The van der Waals surface area contributed by atoms with Crippen LogP contribution >= 0.6 is 11.3 Å². The van der Waals surface area contributed by atoms with Crippen LogP contribution in [0.1, 0.15) is 18.2 Å². The molecule has 1 aromatic heterocycles. The van der Waals surface area contributed by atoms with E-state index in [-0.39, 0.29) is 17.9 Å². The summed E-state index contributed by atoms with van der Waals surface area (Å²) in [6.07, 6.45) is 0.765. The van der Waals surface area contributed by atoms with Crippen molar-refractivity contribution in [2.45, 2.75) is 30.2 Å². The van der Waals surface area contributed by atoms with E-state index in [0.29, 0.717) is 5.69 Å². The molecule has 0 saturated carbocycles. The predicted molar refractivity (Wildman–Crippen MR) is 115 cm³/mol. The molecule has 2 aromatic carbocycles. The summed E-state index contributed by atoms with van der Waals surface area (Å²) in [7, 11) is -4.32. The standard InChI is InChI=1S/C21H19F3N2O4S2/c1-3-13-4-6-14(7-5-13)20-25-15(12-31-20)10-19(27)26-17-11-16(8-9-18(17)30-2)32(28,29)21(22,23)24/h4-9,11-12H,3,10H2,1-2H3,(H,26,27). The third-order valence-corrected chi connectivity index (χ3v) is 6.99. The van der Waals surface area contributed by atoms with E-state index in [4.69, 9.17) is 4.74 Å². The van der Waals surface area contributed by atoms with Gasteiger partial charge < -0.3 is 10.1 Å². The molecule has 1 amide bonds. The van der Waals surface area contributed by atoms with Gasteiger partial charge in [0.15, 0.2) is 0 Å². The van der Waals surface area contributed by atoms with Crippen LogP contribution in [0.2, 0.25) is 0 Å². The van der Waals surface area contributed by atoms with Crippen molar-refractivity contribution in [3.05, 3.63) is 59.1 Å². The Labute approximate surface area is 187 Å². The number of thiazole rings is 1. The first kappa shape index (κ1) is 23.7. The summed E-state index contributed by atoms with van der Waals surface area (Å²) in [5.41, 5.74) is -3.08. The van der Waals surface area contributed by atoms with E-state index < -0.39 is 26.1 Å². The fourth-order valence-corrected chi connectivity index (χ4v) is 4.46. The second-order valence-corrected chi connectivity index (χ2v) is 9.53. The fourth-order valence-electron chi connectivity index (χ4n) is 2.85. The zero-order valence-corrected chi connectivity index (χ0v) is 18.7. The molecule has 1 N–H and O–H groups in total. The lowest BCUT2D eigenvalue weighted by atomic mass is 10.1. The van der Waals surface area contributed by atoms with Crippen LogP contribution in [-0.4, -0.2) is 31.9 Å². The molecule has 0 aliphatic carbocycles. The summed E-state index contributed by atoms with van der Waals surface area (Å²) < 4.78 is 66.9. The van der Waals surface area contributed by atoms with E-state index in [0.717, 1.165) is 35.2 Å². The molecule has 0 saturated heterocycles. The zero-order chi connectivity index (χ0) is 23.5. The number of aryl methyl sites for hydroxylation is 1. The SMILES string of the molecule is CCc1ccc(-c2nc(CC(=O)Nc3cc(S(=O)(=O)C(F)(F)F)ccc3OC)cs2)cc1. The Morgan fingerprint density at radius 2 is 1.84 bits per heavy atom. The molecule has 170 valence electrons. The number of carbonyl (C=O) groups excluding carboxylic acids is 1. The molecule has 0 unspecified atom stereocenters. The van der Waals surface area contributed by atoms with Gasteiger partial charge in [-0.15, -0.1) is 11.3 Å². The van der Waals surface area contributed by atoms with Crippen molar-refractivity contribution in [3.8, 4) is 16.3 Å². The molecule has 0 radical (unpaired) electrons. The van der Waals surface area contributed by atoms with Crippen molar-refractivity contribution < 1.29 is 31.1 Å². The highest BCUT2D eigenvalue weighted by Gasteiger charge is 2.47. The summed E-state index contributed by atoms with van der Waals surface area (Å²) in [4.78, 5) is 15.9. The first-order valence-electron chi connectivity index (χ1n) is 9.38. The number of alkyl halides is 3. The Morgan fingerprint density at radius 3 is 2.44 bits per heavy atom. The van der Waals surface area contributed by atoms with Gasteiger partial charge in [0.1, 0.15) is 10.8 Å². The Kier molecular flexibility index (Phi) is 6.89. The maximum Gasteiger partial charge on any atom is 0.501 e. The number of carbonyl (C=O) groups is 1. The molecular formula is C21H19F3N2O4S2. The Morgan fingerprint density at radius 1 is 1.16 bits per heavy atom. The molecule has 0 aliphatic heterocycles. The number of nitrogens with one attached hydrogen (secondary N) is 1. The van der Waals surface area contributed by atoms with Crippen LogP contribution in [-0.2, 0) is 27.5 Å². The third-order valence-electron chi connectivity index (χ3n) is 4.56. The number of benzene rings is 2. The van der Waals surface area contributed by atoms with Crippen molar-refractivity contribution in [1.82, 2.24) is 4.98 Å². The molecular weight excluding hydrogens is 465 g/mol. The summed E-state index contributed by atoms with van der Waals surface area (Å²) in [6.45, 7) is 2.05. The van der Waals surface area contributed by atoms with Gasteiger partial charge in [-0.3, -0.25) is 4.79 Å². The lowest BCUT2D eigenvalue weighted by Crippen LogP contribution is -2.23. The molecule has 11 heteroatoms. The van der Waals surface area contributed by atoms with Crippen LogP contribution in [0.15, 0.2) is 52.7 Å². The highest BCUT2D eigenvalue weighted by molar-refractivity contribution is 7.92. The van der Waals surface area contributed by atoms with Gasteiger partial charge in [0, 0.05) is 10.9 Å². The van der Waals surface area contributed by atoms with Gasteiger partial charge in [-0.2, -0.15) is 13.2 Å². The number of sulfone groups is 1. The van der Waals surface area contributed by atoms with Gasteiger partial charge in [-0.1, -0.05) is 31.2 Å². The predicted octanol–water partition coefficient (Wildman–Crippen LogP) is 4.86. The number of ether oxygens (including phenoxy) is 1. The van der Waals surface area contributed by atoms with Crippen molar-refractivity contribution in [1.29, 1.82) is 0 Å². The fraction of sp³-hybridized carbons (Fsp3) is 0.238. The number of amides is 1. The number of aromatic nitrogens is 1. The molecule has 0 aliphatic rings. The van der Waals surface area contributed by atoms with Crippen LogP contribution in [0, 0.1) is 0 Å². The van der Waals surface area contributed by atoms with Crippen molar-refractivity contribution in [3.63, 3.8) is 0 Å². The molecule has 0 atom stereocenters. The molecule has 0 bridgehead atoms. The van der Waals surface area contributed by atoms with Gasteiger partial charge in [0.05, 0.1) is 29.8 Å². The number of methoxy groups -OCH3 is 1.